The maximum Gasteiger partial charge on any atom is 0.255 e. The second kappa shape index (κ2) is 12.1. The van der Waals surface area contributed by atoms with Gasteiger partial charge in [-0.3, -0.25) is 24.1 Å². The highest BCUT2D eigenvalue weighted by atomic mass is 16.5. The average Bonchev–Trinajstić information content (AvgIpc) is 3.05. The van der Waals surface area contributed by atoms with Crippen LogP contribution in [0.5, 0.6) is 5.75 Å². The molecule has 1 fully saturated rings. The summed E-state index contributed by atoms with van der Waals surface area (Å²) in [7, 11) is 1.65. The normalized spacial score (nSPS) is 14.5. The number of carbonyl (C=O) groups excluding carboxylic acids is 4. The smallest absolute Gasteiger partial charge is 0.255 e. The molecule has 0 radical (unpaired) electrons. The number of anilines is 3. The lowest BCUT2D eigenvalue weighted by atomic mass is 9.82. The van der Waals surface area contributed by atoms with Gasteiger partial charge in [0.15, 0.2) is 11.6 Å². The number of hydrogen-bond acceptors (Lipinski definition) is 7. The Labute approximate surface area is 255 Å². The molecule has 2 amide bonds. The van der Waals surface area contributed by atoms with E-state index in [2.05, 4.69) is 20.4 Å². The molecule has 1 saturated heterocycles. The number of carbonyl (C=O) groups is 4. The van der Waals surface area contributed by atoms with Gasteiger partial charge in [0.1, 0.15) is 5.75 Å². The molecule has 9 nitrogen and oxygen atoms in total. The Kier molecular flexibility index (Phi) is 7.95. The third-order valence-electron chi connectivity index (χ3n) is 8.09. The summed E-state index contributed by atoms with van der Waals surface area (Å²) in [6, 6.07) is 24.6. The summed E-state index contributed by atoms with van der Waals surface area (Å²) < 4.78 is 5.51. The molecule has 1 aliphatic carbocycles. The number of aryl methyl sites for hydroxylation is 1. The van der Waals surface area contributed by atoms with Gasteiger partial charge in [-0.2, -0.15) is 0 Å². The van der Waals surface area contributed by atoms with E-state index in [1.807, 2.05) is 43.3 Å². The fourth-order valence-electron chi connectivity index (χ4n) is 5.74. The summed E-state index contributed by atoms with van der Waals surface area (Å²) >= 11 is 0. The summed E-state index contributed by atoms with van der Waals surface area (Å²) in [4.78, 5) is 58.1. The monoisotopic (exact) mass is 588 g/mol. The van der Waals surface area contributed by atoms with Crippen molar-refractivity contribution in [3.8, 4) is 5.75 Å². The van der Waals surface area contributed by atoms with Crippen LogP contribution in [0.15, 0.2) is 84.9 Å². The van der Waals surface area contributed by atoms with E-state index >= 15 is 0 Å². The topological polar surface area (TPSA) is 108 Å². The fraction of sp³-hybridized carbons (Fsp3) is 0.200. The molecule has 44 heavy (non-hydrogen) atoms. The van der Waals surface area contributed by atoms with Gasteiger partial charge in [0.05, 0.1) is 36.3 Å². The Morgan fingerprint density at radius 2 is 1.41 bits per heavy atom. The zero-order valence-corrected chi connectivity index (χ0v) is 24.6. The van der Waals surface area contributed by atoms with Crippen LogP contribution in [-0.4, -0.2) is 68.1 Å². The molecular formula is C35H32N4O5. The van der Waals surface area contributed by atoms with Crippen molar-refractivity contribution >= 4 is 40.4 Å². The quantitative estimate of drug-likeness (QED) is 0.282. The van der Waals surface area contributed by atoms with Crippen molar-refractivity contribution in [3.05, 3.63) is 118 Å². The second-order valence-electron chi connectivity index (χ2n) is 10.9. The average molecular weight is 589 g/mol. The predicted molar refractivity (Wildman–Crippen MR) is 169 cm³/mol. The number of ether oxygens (including phenoxy) is 1. The number of rotatable bonds is 7. The van der Waals surface area contributed by atoms with E-state index in [9.17, 15) is 19.2 Å². The van der Waals surface area contributed by atoms with Gasteiger partial charge in [-0.05, 0) is 43.3 Å². The van der Waals surface area contributed by atoms with Gasteiger partial charge in [-0.25, -0.2) is 0 Å². The summed E-state index contributed by atoms with van der Waals surface area (Å²) in [5.74, 6) is -0.649. The number of nitrogens with zero attached hydrogens (tertiary/aromatic N) is 2. The van der Waals surface area contributed by atoms with Crippen molar-refractivity contribution in [1.82, 2.24) is 4.90 Å². The lowest BCUT2D eigenvalue weighted by Gasteiger charge is -2.36. The number of para-hydroxylation sites is 2. The van der Waals surface area contributed by atoms with Gasteiger partial charge in [0, 0.05) is 48.4 Å². The van der Waals surface area contributed by atoms with Crippen LogP contribution in [-0.2, 0) is 4.79 Å². The molecule has 2 aliphatic rings. The number of benzene rings is 4. The molecule has 4 aromatic rings. The SMILES string of the molecule is COc1ccccc1N1CCN(CC(=O)Nc2ccc3c(c2NC(=O)c2ccc(C)cc2)C(=O)c2ccccc2C3=O)CC1. The minimum Gasteiger partial charge on any atom is -0.495 e. The first-order valence-corrected chi connectivity index (χ1v) is 14.5. The summed E-state index contributed by atoms with van der Waals surface area (Å²) in [5, 5.41) is 5.74. The van der Waals surface area contributed by atoms with E-state index in [4.69, 9.17) is 4.74 Å². The van der Waals surface area contributed by atoms with Crippen molar-refractivity contribution < 1.29 is 23.9 Å². The van der Waals surface area contributed by atoms with Crippen LogP contribution in [0.25, 0.3) is 0 Å². The molecule has 1 heterocycles. The molecule has 0 unspecified atom stereocenters. The van der Waals surface area contributed by atoms with E-state index in [1.165, 1.54) is 6.07 Å². The summed E-state index contributed by atoms with van der Waals surface area (Å²) in [6.45, 7) is 4.81. The number of methoxy groups -OCH3 is 1. The lowest BCUT2D eigenvalue weighted by Crippen LogP contribution is -2.48. The zero-order valence-electron chi connectivity index (χ0n) is 24.6. The van der Waals surface area contributed by atoms with Crippen molar-refractivity contribution in [2.45, 2.75) is 6.92 Å². The number of piperazine rings is 1. The fourth-order valence-corrected chi connectivity index (χ4v) is 5.74. The number of ketones is 2. The first-order chi connectivity index (χ1) is 21.3. The first-order valence-electron chi connectivity index (χ1n) is 14.5. The van der Waals surface area contributed by atoms with Gasteiger partial charge in [-0.1, -0.05) is 54.1 Å². The van der Waals surface area contributed by atoms with E-state index < -0.39 is 11.7 Å². The van der Waals surface area contributed by atoms with Crippen LogP contribution in [0.3, 0.4) is 0 Å². The summed E-state index contributed by atoms with van der Waals surface area (Å²) in [6.07, 6.45) is 0. The van der Waals surface area contributed by atoms with Crippen molar-refractivity contribution in [1.29, 1.82) is 0 Å². The molecule has 0 spiro atoms. The van der Waals surface area contributed by atoms with Gasteiger partial charge < -0.3 is 20.3 Å². The van der Waals surface area contributed by atoms with Crippen molar-refractivity contribution in [2.24, 2.45) is 0 Å². The van der Waals surface area contributed by atoms with Crippen LogP contribution in [0.4, 0.5) is 17.1 Å². The number of nitrogens with one attached hydrogen (secondary N) is 2. The Morgan fingerprint density at radius 3 is 2.11 bits per heavy atom. The Hall–Kier alpha value is -5.28. The van der Waals surface area contributed by atoms with Crippen LogP contribution >= 0.6 is 0 Å². The third kappa shape index (κ3) is 5.57. The highest BCUT2D eigenvalue weighted by Gasteiger charge is 2.34. The van der Waals surface area contributed by atoms with Gasteiger partial charge in [-0.15, -0.1) is 0 Å². The van der Waals surface area contributed by atoms with E-state index in [1.54, 1.807) is 49.6 Å². The van der Waals surface area contributed by atoms with Gasteiger partial charge in [0.25, 0.3) is 5.91 Å². The number of fused-ring (bicyclic) bond motifs is 2. The van der Waals surface area contributed by atoms with E-state index in [0.29, 0.717) is 24.2 Å². The zero-order chi connectivity index (χ0) is 30.8. The molecule has 6 rings (SSSR count). The van der Waals surface area contributed by atoms with Crippen molar-refractivity contribution in [2.75, 3.05) is 55.4 Å². The van der Waals surface area contributed by atoms with Crippen LogP contribution < -0.4 is 20.3 Å². The standard InChI is InChI=1S/C35H32N4O5/c1-22-11-13-23(14-12-22)35(43)37-32-27(16-15-26-31(32)34(42)25-8-4-3-7-24(25)33(26)41)36-30(40)21-38-17-19-39(20-18-38)28-9-5-6-10-29(28)44-2/h3-16H,17-21H2,1-2H3,(H,36,40)(H,37,43). The Balaban J connectivity index is 1.24. The molecule has 2 N–H and O–H groups in total. The molecule has 0 atom stereocenters. The Morgan fingerprint density at radius 1 is 0.750 bits per heavy atom. The van der Waals surface area contributed by atoms with Crippen molar-refractivity contribution in [3.63, 3.8) is 0 Å². The highest BCUT2D eigenvalue weighted by molar-refractivity contribution is 6.31. The van der Waals surface area contributed by atoms with E-state index in [0.717, 1.165) is 30.1 Å². The second-order valence-corrected chi connectivity index (χ2v) is 10.9. The first kappa shape index (κ1) is 28.8. The van der Waals surface area contributed by atoms with Gasteiger partial charge >= 0.3 is 0 Å². The largest absolute Gasteiger partial charge is 0.495 e. The molecule has 0 saturated carbocycles. The molecule has 1 aliphatic heterocycles. The molecule has 0 aromatic heterocycles. The Bertz CT molecular complexity index is 1770. The van der Waals surface area contributed by atoms with Crippen LogP contribution in [0.2, 0.25) is 0 Å². The minimum atomic E-state index is -0.458. The predicted octanol–water partition coefficient (Wildman–Crippen LogP) is 4.79. The maximum absolute atomic E-state index is 13.7. The van der Waals surface area contributed by atoms with Gasteiger partial charge in [0.2, 0.25) is 5.91 Å². The van der Waals surface area contributed by atoms with E-state index in [-0.39, 0.29) is 46.3 Å². The maximum atomic E-state index is 13.7. The third-order valence-corrected chi connectivity index (χ3v) is 8.09. The molecule has 4 aromatic carbocycles. The highest BCUT2D eigenvalue weighted by Crippen LogP contribution is 2.37. The molecular weight excluding hydrogens is 556 g/mol. The molecule has 9 heteroatoms. The van der Waals surface area contributed by atoms with Crippen LogP contribution in [0, 0.1) is 6.92 Å². The minimum absolute atomic E-state index is 0.0670. The summed E-state index contributed by atoms with van der Waals surface area (Å²) in [5.41, 5.74) is 3.56. The number of amides is 2. The number of hydrogen-bond donors (Lipinski definition) is 2. The lowest BCUT2D eigenvalue weighted by molar-refractivity contribution is -0.117. The van der Waals surface area contributed by atoms with Crippen LogP contribution in [0.1, 0.15) is 47.8 Å². The molecule has 222 valence electrons. The molecule has 0 bridgehead atoms.